The molecule has 4 heteroatoms. The Kier molecular flexibility index (Phi) is 6.51. The number of ether oxygens (including phenoxy) is 1. The fraction of sp³-hybridized carbons (Fsp3) is 0.368. The maximum absolute atomic E-state index is 6.01. The maximum atomic E-state index is 6.01. The number of rotatable bonds is 7. The zero-order valence-corrected chi connectivity index (χ0v) is 16.2. The Morgan fingerprint density at radius 1 is 1.13 bits per heavy atom. The minimum Gasteiger partial charge on any atom is -0.489 e. The Bertz CT molecular complexity index is 640. The van der Waals surface area contributed by atoms with E-state index in [4.69, 9.17) is 16.3 Å². The van der Waals surface area contributed by atoms with E-state index in [1.165, 1.54) is 0 Å². The molecule has 2 rings (SSSR count). The van der Waals surface area contributed by atoms with Gasteiger partial charge in [0, 0.05) is 27.1 Å². The molecule has 0 radical (unpaired) electrons. The van der Waals surface area contributed by atoms with E-state index < -0.39 is 0 Å². The van der Waals surface area contributed by atoms with E-state index in [9.17, 15) is 0 Å². The van der Waals surface area contributed by atoms with Gasteiger partial charge in [-0.05, 0) is 56.2 Å². The lowest BCUT2D eigenvalue weighted by Crippen LogP contribution is -2.37. The van der Waals surface area contributed by atoms with Gasteiger partial charge in [0.15, 0.2) is 0 Å². The first-order valence-corrected chi connectivity index (χ1v) is 8.97. The van der Waals surface area contributed by atoms with Crippen molar-refractivity contribution in [1.29, 1.82) is 0 Å². The fourth-order valence-corrected chi connectivity index (χ4v) is 2.56. The average Bonchev–Trinajstić information content (AvgIpc) is 2.53. The molecule has 1 N–H and O–H groups in total. The second-order valence-electron chi connectivity index (χ2n) is 6.26. The molecule has 0 spiro atoms. The van der Waals surface area contributed by atoms with Crippen molar-refractivity contribution >= 4 is 27.5 Å². The first-order chi connectivity index (χ1) is 10.9. The fourth-order valence-electron chi connectivity index (χ4n) is 2.03. The Hall–Kier alpha value is -1.03. The van der Waals surface area contributed by atoms with Crippen LogP contribution in [0.25, 0.3) is 0 Å². The number of halogens is 2. The molecular formula is C19H23BrClNO. The molecule has 0 aliphatic rings. The number of hydrogen-bond acceptors (Lipinski definition) is 2. The van der Waals surface area contributed by atoms with Crippen LogP contribution in [0.15, 0.2) is 46.9 Å². The van der Waals surface area contributed by atoms with Crippen molar-refractivity contribution < 1.29 is 4.74 Å². The molecule has 0 bridgehead atoms. The topological polar surface area (TPSA) is 21.3 Å². The van der Waals surface area contributed by atoms with Crippen LogP contribution in [0.2, 0.25) is 5.02 Å². The Morgan fingerprint density at radius 3 is 2.48 bits per heavy atom. The van der Waals surface area contributed by atoms with Crippen LogP contribution in [0.4, 0.5) is 0 Å². The number of benzene rings is 2. The molecule has 0 aromatic heterocycles. The van der Waals surface area contributed by atoms with Crippen molar-refractivity contribution in [3.05, 3.63) is 63.1 Å². The van der Waals surface area contributed by atoms with Crippen LogP contribution in [0.1, 0.15) is 38.3 Å². The molecule has 0 amide bonds. The predicted octanol–water partition coefficient (Wildman–Crippen LogP) is 5.96. The van der Waals surface area contributed by atoms with Gasteiger partial charge in [0.1, 0.15) is 12.4 Å². The third-order valence-corrected chi connectivity index (χ3v) is 4.72. The molecule has 23 heavy (non-hydrogen) atoms. The van der Waals surface area contributed by atoms with Gasteiger partial charge >= 0.3 is 0 Å². The van der Waals surface area contributed by atoms with Crippen LogP contribution in [0, 0.1) is 0 Å². The van der Waals surface area contributed by atoms with Gasteiger partial charge in [-0.2, -0.15) is 0 Å². The lowest BCUT2D eigenvalue weighted by Gasteiger charge is -2.25. The van der Waals surface area contributed by atoms with Gasteiger partial charge in [-0.25, -0.2) is 0 Å². The lowest BCUT2D eigenvalue weighted by atomic mass is 10.0. The zero-order chi connectivity index (χ0) is 16.9. The van der Waals surface area contributed by atoms with Crippen molar-refractivity contribution in [3.8, 4) is 5.75 Å². The molecule has 124 valence electrons. The van der Waals surface area contributed by atoms with Crippen molar-refractivity contribution in [1.82, 2.24) is 5.32 Å². The highest BCUT2D eigenvalue weighted by Gasteiger charge is 2.15. The predicted molar refractivity (Wildman–Crippen MR) is 101 cm³/mol. The molecule has 2 aromatic rings. The summed E-state index contributed by atoms with van der Waals surface area (Å²) in [6, 6.07) is 13.9. The molecule has 2 aromatic carbocycles. The van der Waals surface area contributed by atoms with Crippen molar-refractivity contribution in [2.75, 3.05) is 0 Å². The smallest absolute Gasteiger partial charge is 0.124 e. The van der Waals surface area contributed by atoms with Crippen molar-refractivity contribution in [2.45, 2.75) is 45.9 Å². The van der Waals surface area contributed by atoms with E-state index in [1.54, 1.807) is 0 Å². The van der Waals surface area contributed by atoms with E-state index in [2.05, 4.69) is 48.1 Å². The molecule has 0 heterocycles. The first-order valence-electron chi connectivity index (χ1n) is 7.80. The Labute approximate surface area is 152 Å². The summed E-state index contributed by atoms with van der Waals surface area (Å²) in [4.78, 5) is 0. The molecule has 0 fully saturated rings. The molecule has 0 saturated heterocycles. The van der Waals surface area contributed by atoms with Gasteiger partial charge in [0.05, 0.1) is 0 Å². The highest BCUT2D eigenvalue weighted by atomic mass is 79.9. The molecule has 0 atom stereocenters. The van der Waals surface area contributed by atoms with Crippen LogP contribution >= 0.6 is 27.5 Å². The second-order valence-corrected chi connectivity index (χ2v) is 7.61. The first kappa shape index (κ1) is 18.3. The maximum Gasteiger partial charge on any atom is 0.124 e. The summed E-state index contributed by atoms with van der Waals surface area (Å²) in [6.07, 6.45) is 1.07. The molecule has 0 aliphatic heterocycles. The van der Waals surface area contributed by atoms with Gasteiger partial charge in [0.25, 0.3) is 0 Å². The van der Waals surface area contributed by atoms with Crippen LogP contribution in [0.3, 0.4) is 0 Å². The van der Waals surface area contributed by atoms with E-state index in [0.29, 0.717) is 6.61 Å². The van der Waals surface area contributed by atoms with Crippen molar-refractivity contribution in [2.24, 2.45) is 0 Å². The van der Waals surface area contributed by atoms with Gasteiger partial charge in [-0.15, -0.1) is 0 Å². The Morgan fingerprint density at radius 2 is 1.83 bits per heavy atom. The third kappa shape index (κ3) is 5.83. The summed E-state index contributed by atoms with van der Waals surface area (Å²) in [7, 11) is 0. The highest BCUT2D eigenvalue weighted by Crippen LogP contribution is 2.25. The minimum absolute atomic E-state index is 0.107. The quantitative estimate of drug-likeness (QED) is 0.623. The largest absolute Gasteiger partial charge is 0.489 e. The summed E-state index contributed by atoms with van der Waals surface area (Å²) in [5.41, 5.74) is 2.36. The second kappa shape index (κ2) is 8.18. The summed E-state index contributed by atoms with van der Waals surface area (Å²) in [5.74, 6) is 0.905. The summed E-state index contributed by atoms with van der Waals surface area (Å²) in [6.45, 7) is 7.91. The molecule has 2 nitrogen and oxygen atoms in total. The average molecular weight is 397 g/mol. The monoisotopic (exact) mass is 395 g/mol. The van der Waals surface area contributed by atoms with Crippen molar-refractivity contribution in [3.63, 3.8) is 0 Å². The van der Waals surface area contributed by atoms with Gasteiger partial charge in [-0.1, -0.05) is 46.6 Å². The number of hydrogen-bond donors (Lipinski definition) is 1. The summed E-state index contributed by atoms with van der Waals surface area (Å²) < 4.78 is 7.07. The van der Waals surface area contributed by atoms with Gasteiger partial charge in [0.2, 0.25) is 0 Å². The number of nitrogens with one attached hydrogen (secondary N) is 1. The SMILES string of the molecule is CCC(C)(C)NCc1cc(Br)ccc1OCc1ccc(Cl)cc1. The normalized spacial score (nSPS) is 11.5. The Balaban J connectivity index is 2.07. The zero-order valence-electron chi connectivity index (χ0n) is 13.8. The van der Waals surface area contributed by atoms with E-state index >= 15 is 0 Å². The molecule has 0 saturated carbocycles. The van der Waals surface area contributed by atoms with Crippen LogP contribution in [0.5, 0.6) is 5.75 Å². The molecule has 0 aliphatic carbocycles. The third-order valence-electron chi connectivity index (χ3n) is 3.97. The van der Waals surface area contributed by atoms with Crippen LogP contribution < -0.4 is 10.1 Å². The van der Waals surface area contributed by atoms with Crippen LogP contribution in [-0.2, 0) is 13.2 Å². The van der Waals surface area contributed by atoms with Crippen LogP contribution in [-0.4, -0.2) is 5.54 Å². The van der Waals surface area contributed by atoms with Gasteiger partial charge < -0.3 is 10.1 Å². The summed E-state index contributed by atoms with van der Waals surface area (Å²) >= 11 is 9.45. The van der Waals surface area contributed by atoms with Gasteiger partial charge in [-0.3, -0.25) is 0 Å². The standard InChI is InChI=1S/C19H23BrClNO/c1-4-19(2,3)22-12-15-11-16(20)7-10-18(15)23-13-14-5-8-17(21)9-6-14/h5-11,22H,4,12-13H2,1-3H3. The lowest BCUT2D eigenvalue weighted by molar-refractivity contribution is 0.298. The van der Waals surface area contributed by atoms with E-state index in [0.717, 1.165) is 39.3 Å². The van der Waals surface area contributed by atoms with E-state index in [-0.39, 0.29) is 5.54 Å². The highest BCUT2D eigenvalue weighted by molar-refractivity contribution is 9.10. The van der Waals surface area contributed by atoms with E-state index in [1.807, 2.05) is 36.4 Å². The minimum atomic E-state index is 0.107. The molecular weight excluding hydrogens is 374 g/mol. The summed E-state index contributed by atoms with van der Waals surface area (Å²) in [5, 5.41) is 4.32. The molecule has 0 unspecified atom stereocenters.